The maximum atomic E-state index is 11.8. The van der Waals surface area contributed by atoms with Crippen LogP contribution in [0.25, 0.3) is 0 Å². The number of carbonyl (C=O) groups excluding carboxylic acids is 1. The van der Waals surface area contributed by atoms with Crippen molar-refractivity contribution in [1.29, 1.82) is 0 Å². The number of nitrogens with zero attached hydrogens (tertiary/aromatic N) is 1. The molecule has 2 aromatic rings. The van der Waals surface area contributed by atoms with Crippen molar-refractivity contribution >= 4 is 27.6 Å². The largest absolute Gasteiger partial charge is 0.462 e. The van der Waals surface area contributed by atoms with Crippen molar-refractivity contribution in [2.45, 2.75) is 13.5 Å². The van der Waals surface area contributed by atoms with Gasteiger partial charge in [-0.3, -0.25) is 0 Å². The third kappa shape index (κ3) is 3.81. The molecule has 20 heavy (non-hydrogen) atoms. The summed E-state index contributed by atoms with van der Waals surface area (Å²) < 4.78 is 5.83. The Balaban J connectivity index is 2.11. The first-order valence-corrected chi connectivity index (χ1v) is 7.11. The molecule has 0 atom stereocenters. The third-order valence-corrected chi connectivity index (χ3v) is 3.10. The lowest BCUT2D eigenvalue weighted by atomic mass is 10.1. The Bertz CT molecular complexity index is 602. The molecule has 1 aromatic heterocycles. The standard InChI is InChI=1S/C15H15BrN2O2/c1-2-20-15(19)12-7-3-4-8-13(12)17-10-11-6-5-9-14(16)18-11/h3-9,17H,2,10H2,1H3. The van der Waals surface area contributed by atoms with Crippen molar-refractivity contribution in [2.24, 2.45) is 0 Å². The summed E-state index contributed by atoms with van der Waals surface area (Å²) in [6.07, 6.45) is 0. The summed E-state index contributed by atoms with van der Waals surface area (Å²) in [5, 5.41) is 3.21. The van der Waals surface area contributed by atoms with Gasteiger partial charge in [-0.2, -0.15) is 0 Å². The lowest BCUT2D eigenvalue weighted by Gasteiger charge is -2.11. The van der Waals surface area contributed by atoms with Crippen LogP contribution < -0.4 is 5.32 Å². The number of nitrogens with one attached hydrogen (secondary N) is 1. The van der Waals surface area contributed by atoms with Gasteiger partial charge in [0.05, 0.1) is 24.4 Å². The van der Waals surface area contributed by atoms with Gasteiger partial charge in [0.2, 0.25) is 0 Å². The molecule has 0 aliphatic carbocycles. The van der Waals surface area contributed by atoms with Gasteiger partial charge in [0.15, 0.2) is 0 Å². The fraction of sp³-hybridized carbons (Fsp3) is 0.200. The van der Waals surface area contributed by atoms with Gasteiger partial charge >= 0.3 is 5.97 Å². The van der Waals surface area contributed by atoms with Crippen molar-refractivity contribution in [3.8, 4) is 0 Å². The van der Waals surface area contributed by atoms with Gasteiger partial charge in [-0.05, 0) is 47.1 Å². The Labute approximate surface area is 126 Å². The monoisotopic (exact) mass is 334 g/mol. The molecule has 4 nitrogen and oxygen atoms in total. The van der Waals surface area contributed by atoms with Crippen LogP contribution in [0.5, 0.6) is 0 Å². The van der Waals surface area contributed by atoms with E-state index in [-0.39, 0.29) is 5.97 Å². The number of hydrogen-bond donors (Lipinski definition) is 1. The van der Waals surface area contributed by atoms with E-state index in [0.29, 0.717) is 18.7 Å². The fourth-order valence-corrected chi connectivity index (χ4v) is 2.14. The molecule has 5 heteroatoms. The minimum absolute atomic E-state index is 0.321. The molecule has 0 unspecified atom stereocenters. The first kappa shape index (κ1) is 14.5. The van der Waals surface area contributed by atoms with Gasteiger partial charge in [0.25, 0.3) is 0 Å². The minimum Gasteiger partial charge on any atom is -0.462 e. The zero-order valence-electron chi connectivity index (χ0n) is 11.1. The first-order chi connectivity index (χ1) is 9.70. The number of aromatic nitrogens is 1. The van der Waals surface area contributed by atoms with E-state index in [1.54, 1.807) is 13.0 Å². The Hall–Kier alpha value is -1.88. The van der Waals surface area contributed by atoms with E-state index < -0.39 is 0 Å². The van der Waals surface area contributed by atoms with Crippen LogP contribution in [0.2, 0.25) is 0 Å². The molecule has 0 bridgehead atoms. The van der Waals surface area contributed by atoms with Crippen LogP contribution in [0.1, 0.15) is 23.0 Å². The number of benzene rings is 1. The predicted octanol–water partition coefficient (Wildman–Crippen LogP) is 3.63. The molecule has 2 rings (SSSR count). The molecule has 0 aliphatic heterocycles. The molecule has 1 heterocycles. The van der Waals surface area contributed by atoms with Gasteiger partial charge < -0.3 is 10.1 Å². The molecule has 0 fully saturated rings. The normalized spacial score (nSPS) is 10.1. The average molecular weight is 335 g/mol. The van der Waals surface area contributed by atoms with Crippen LogP contribution >= 0.6 is 15.9 Å². The minimum atomic E-state index is -0.321. The highest BCUT2D eigenvalue weighted by Crippen LogP contribution is 2.17. The number of ether oxygens (including phenoxy) is 1. The van der Waals surface area contributed by atoms with E-state index >= 15 is 0 Å². The zero-order chi connectivity index (χ0) is 14.4. The number of rotatable bonds is 5. The van der Waals surface area contributed by atoms with E-state index in [4.69, 9.17) is 4.74 Å². The maximum absolute atomic E-state index is 11.8. The first-order valence-electron chi connectivity index (χ1n) is 6.32. The number of carbonyl (C=O) groups is 1. The SMILES string of the molecule is CCOC(=O)c1ccccc1NCc1cccc(Br)n1. The van der Waals surface area contributed by atoms with Crippen LogP contribution in [-0.4, -0.2) is 17.6 Å². The summed E-state index contributed by atoms with van der Waals surface area (Å²) in [5.74, 6) is -0.321. The van der Waals surface area contributed by atoms with E-state index in [0.717, 1.165) is 16.0 Å². The highest BCUT2D eigenvalue weighted by atomic mass is 79.9. The molecular weight excluding hydrogens is 320 g/mol. The molecule has 0 radical (unpaired) electrons. The summed E-state index contributed by atoms with van der Waals surface area (Å²) in [7, 11) is 0. The number of hydrogen-bond acceptors (Lipinski definition) is 4. The number of esters is 1. The molecule has 0 saturated carbocycles. The second kappa shape index (κ2) is 7.05. The van der Waals surface area contributed by atoms with Crippen LogP contribution in [0, 0.1) is 0 Å². The lowest BCUT2D eigenvalue weighted by molar-refractivity contribution is 0.0527. The fourth-order valence-electron chi connectivity index (χ4n) is 1.76. The Kier molecular flexibility index (Phi) is 5.12. The summed E-state index contributed by atoms with van der Waals surface area (Å²) in [6.45, 7) is 2.69. The number of pyridine rings is 1. The van der Waals surface area contributed by atoms with Crippen molar-refractivity contribution in [3.63, 3.8) is 0 Å². The summed E-state index contributed by atoms with van der Waals surface area (Å²) in [6, 6.07) is 13.0. The molecule has 0 saturated heterocycles. The second-order valence-electron chi connectivity index (χ2n) is 4.07. The van der Waals surface area contributed by atoms with Crippen LogP contribution in [0.3, 0.4) is 0 Å². The molecule has 1 aromatic carbocycles. The Morgan fingerprint density at radius 3 is 2.80 bits per heavy atom. The maximum Gasteiger partial charge on any atom is 0.340 e. The Morgan fingerprint density at radius 1 is 1.25 bits per heavy atom. The predicted molar refractivity (Wildman–Crippen MR) is 81.7 cm³/mol. The van der Waals surface area contributed by atoms with Crippen molar-refractivity contribution < 1.29 is 9.53 Å². The van der Waals surface area contributed by atoms with Crippen molar-refractivity contribution in [1.82, 2.24) is 4.98 Å². The molecule has 1 N–H and O–H groups in total. The quantitative estimate of drug-likeness (QED) is 0.670. The topological polar surface area (TPSA) is 51.2 Å². The highest BCUT2D eigenvalue weighted by molar-refractivity contribution is 9.10. The molecule has 0 aliphatic rings. The molecule has 104 valence electrons. The van der Waals surface area contributed by atoms with Gasteiger partial charge in [-0.1, -0.05) is 18.2 Å². The van der Waals surface area contributed by atoms with Crippen molar-refractivity contribution in [3.05, 3.63) is 58.3 Å². The summed E-state index contributed by atoms with van der Waals surface area (Å²) in [5.41, 5.74) is 2.16. The number of halogens is 1. The zero-order valence-corrected chi connectivity index (χ0v) is 12.7. The smallest absolute Gasteiger partial charge is 0.340 e. The van der Waals surface area contributed by atoms with Gasteiger partial charge in [0.1, 0.15) is 4.60 Å². The number of anilines is 1. The van der Waals surface area contributed by atoms with E-state index in [1.165, 1.54) is 0 Å². The number of para-hydroxylation sites is 1. The van der Waals surface area contributed by atoms with E-state index in [1.807, 2.05) is 36.4 Å². The molecular formula is C15H15BrN2O2. The van der Waals surface area contributed by atoms with E-state index in [9.17, 15) is 4.79 Å². The van der Waals surface area contributed by atoms with Crippen LogP contribution in [0.15, 0.2) is 47.1 Å². The average Bonchev–Trinajstić information content (AvgIpc) is 2.46. The summed E-state index contributed by atoms with van der Waals surface area (Å²) in [4.78, 5) is 16.2. The molecule has 0 amide bonds. The second-order valence-corrected chi connectivity index (χ2v) is 4.88. The van der Waals surface area contributed by atoms with Crippen LogP contribution in [0.4, 0.5) is 5.69 Å². The van der Waals surface area contributed by atoms with Gasteiger partial charge in [0, 0.05) is 5.69 Å². The van der Waals surface area contributed by atoms with Crippen molar-refractivity contribution in [2.75, 3.05) is 11.9 Å². The van der Waals surface area contributed by atoms with Crippen LogP contribution in [-0.2, 0) is 11.3 Å². The molecule has 0 spiro atoms. The highest BCUT2D eigenvalue weighted by Gasteiger charge is 2.11. The summed E-state index contributed by atoms with van der Waals surface area (Å²) >= 11 is 3.33. The van der Waals surface area contributed by atoms with Gasteiger partial charge in [-0.15, -0.1) is 0 Å². The van der Waals surface area contributed by atoms with E-state index in [2.05, 4.69) is 26.2 Å². The lowest BCUT2D eigenvalue weighted by Crippen LogP contribution is -2.10. The van der Waals surface area contributed by atoms with Gasteiger partial charge in [-0.25, -0.2) is 9.78 Å². The Morgan fingerprint density at radius 2 is 2.05 bits per heavy atom. The third-order valence-electron chi connectivity index (χ3n) is 2.66.